The molecule has 0 saturated carbocycles. The van der Waals surface area contributed by atoms with Gasteiger partial charge in [0, 0.05) is 12.1 Å². The fraction of sp³-hybridized carbons (Fsp3) is 0.333. The van der Waals surface area contributed by atoms with Gasteiger partial charge < -0.3 is 9.42 Å². The lowest BCUT2D eigenvalue weighted by molar-refractivity contribution is 0.0555. The molecule has 128 valence electrons. The molecule has 3 aromatic rings. The number of aryl methyl sites for hydroxylation is 1. The van der Waals surface area contributed by atoms with Crippen LogP contribution in [-0.4, -0.2) is 37.7 Å². The predicted molar refractivity (Wildman–Crippen MR) is 90.7 cm³/mol. The Morgan fingerprint density at radius 1 is 1.28 bits per heavy atom. The Kier molecular flexibility index (Phi) is 4.05. The Morgan fingerprint density at radius 2 is 2.12 bits per heavy atom. The van der Waals surface area contributed by atoms with Gasteiger partial charge >= 0.3 is 0 Å². The van der Waals surface area contributed by atoms with Crippen molar-refractivity contribution < 1.29 is 9.32 Å². The van der Waals surface area contributed by atoms with Gasteiger partial charge in [0.1, 0.15) is 11.7 Å². The third kappa shape index (κ3) is 3.05. The SMILES string of the molecule is Cc1noc([C@@H]2CCCCN2C(=O)c2cc(-c3ccccc3)n[nH]2)n1. The molecule has 7 heteroatoms. The highest BCUT2D eigenvalue weighted by molar-refractivity contribution is 5.93. The van der Waals surface area contributed by atoms with Gasteiger partial charge in [0.25, 0.3) is 5.91 Å². The molecule has 1 saturated heterocycles. The van der Waals surface area contributed by atoms with Crippen LogP contribution in [0.4, 0.5) is 0 Å². The average Bonchev–Trinajstić information content (AvgIpc) is 3.31. The van der Waals surface area contributed by atoms with Gasteiger partial charge in [-0.05, 0) is 32.3 Å². The van der Waals surface area contributed by atoms with Crippen molar-refractivity contribution in [1.82, 2.24) is 25.2 Å². The Morgan fingerprint density at radius 3 is 2.88 bits per heavy atom. The maximum Gasteiger partial charge on any atom is 0.272 e. The second-order valence-electron chi connectivity index (χ2n) is 6.22. The first-order chi connectivity index (χ1) is 12.2. The fourth-order valence-electron chi connectivity index (χ4n) is 3.22. The standard InChI is InChI=1S/C18H19N5O2/c1-12-19-17(25-22-12)16-9-5-6-10-23(16)18(24)15-11-14(20-21-15)13-7-3-2-4-8-13/h2-4,7-8,11,16H,5-6,9-10H2,1H3,(H,20,21)/t16-/m0/s1. The Bertz CT molecular complexity index is 870. The van der Waals surface area contributed by atoms with Gasteiger partial charge in [0.15, 0.2) is 5.82 Å². The zero-order valence-corrected chi connectivity index (χ0v) is 14.0. The molecule has 1 aromatic carbocycles. The van der Waals surface area contributed by atoms with E-state index in [0.717, 1.165) is 30.5 Å². The van der Waals surface area contributed by atoms with Crippen LogP contribution in [0.25, 0.3) is 11.3 Å². The van der Waals surface area contributed by atoms with E-state index in [2.05, 4.69) is 20.3 Å². The number of hydrogen-bond donors (Lipinski definition) is 1. The molecule has 7 nitrogen and oxygen atoms in total. The van der Waals surface area contributed by atoms with Crippen LogP contribution in [0.1, 0.15) is 47.5 Å². The van der Waals surface area contributed by atoms with Crippen LogP contribution in [0.3, 0.4) is 0 Å². The number of hydrogen-bond acceptors (Lipinski definition) is 5. The molecular weight excluding hydrogens is 318 g/mol. The summed E-state index contributed by atoms with van der Waals surface area (Å²) in [5.41, 5.74) is 2.20. The Balaban J connectivity index is 1.60. The van der Waals surface area contributed by atoms with Crippen molar-refractivity contribution in [3.63, 3.8) is 0 Å². The summed E-state index contributed by atoms with van der Waals surface area (Å²) in [5, 5.41) is 11.0. The maximum absolute atomic E-state index is 13.0. The number of nitrogens with zero attached hydrogens (tertiary/aromatic N) is 4. The van der Waals surface area contributed by atoms with Crippen molar-refractivity contribution in [2.45, 2.75) is 32.2 Å². The molecule has 25 heavy (non-hydrogen) atoms. The van der Waals surface area contributed by atoms with E-state index in [1.807, 2.05) is 30.3 Å². The van der Waals surface area contributed by atoms with Crippen LogP contribution in [0.15, 0.2) is 40.9 Å². The summed E-state index contributed by atoms with van der Waals surface area (Å²) >= 11 is 0. The summed E-state index contributed by atoms with van der Waals surface area (Å²) in [4.78, 5) is 19.1. The van der Waals surface area contributed by atoms with Crippen LogP contribution in [0.2, 0.25) is 0 Å². The molecule has 1 N–H and O–H groups in total. The van der Waals surface area contributed by atoms with E-state index in [4.69, 9.17) is 4.52 Å². The minimum Gasteiger partial charge on any atom is -0.337 e. The van der Waals surface area contributed by atoms with Gasteiger partial charge in [0.05, 0.1) is 5.69 Å². The van der Waals surface area contributed by atoms with Crippen molar-refractivity contribution in [1.29, 1.82) is 0 Å². The number of amides is 1. The third-order valence-electron chi connectivity index (χ3n) is 4.47. The average molecular weight is 337 g/mol. The van der Waals surface area contributed by atoms with Gasteiger partial charge in [-0.15, -0.1) is 0 Å². The lowest BCUT2D eigenvalue weighted by Crippen LogP contribution is -2.38. The molecule has 1 aliphatic rings. The predicted octanol–water partition coefficient (Wildman–Crippen LogP) is 3.14. The van der Waals surface area contributed by atoms with Crippen LogP contribution in [0, 0.1) is 6.92 Å². The van der Waals surface area contributed by atoms with E-state index < -0.39 is 0 Å². The van der Waals surface area contributed by atoms with Crippen molar-refractivity contribution in [2.24, 2.45) is 0 Å². The highest BCUT2D eigenvalue weighted by Gasteiger charge is 2.33. The summed E-state index contributed by atoms with van der Waals surface area (Å²) in [6.07, 6.45) is 2.83. The minimum atomic E-state index is -0.175. The molecule has 1 amide bonds. The zero-order valence-electron chi connectivity index (χ0n) is 14.0. The van der Waals surface area contributed by atoms with E-state index >= 15 is 0 Å². The highest BCUT2D eigenvalue weighted by Crippen LogP contribution is 2.31. The van der Waals surface area contributed by atoms with Gasteiger partial charge in [-0.2, -0.15) is 10.1 Å². The number of carbonyl (C=O) groups is 1. The second kappa shape index (κ2) is 6.51. The first-order valence-corrected chi connectivity index (χ1v) is 8.44. The number of H-pyrrole nitrogens is 1. The van der Waals surface area contributed by atoms with Crippen LogP contribution in [0.5, 0.6) is 0 Å². The van der Waals surface area contributed by atoms with Gasteiger partial charge in [-0.3, -0.25) is 9.89 Å². The number of nitrogens with one attached hydrogen (secondary N) is 1. The van der Waals surface area contributed by atoms with Crippen molar-refractivity contribution >= 4 is 5.91 Å². The van der Waals surface area contributed by atoms with Crippen molar-refractivity contribution in [3.8, 4) is 11.3 Å². The van der Waals surface area contributed by atoms with Gasteiger partial charge in [-0.1, -0.05) is 35.5 Å². The van der Waals surface area contributed by atoms with E-state index in [1.54, 1.807) is 17.9 Å². The molecule has 0 aliphatic carbocycles. The number of benzene rings is 1. The second-order valence-corrected chi connectivity index (χ2v) is 6.22. The lowest BCUT2D eigenvalue weighted by Gasteiger charge is -2.32. The molecule has 3 heterocycles. The normalized spacial score (nSPS) is 17.6. The molecule has 0 bridgehead atoms. The highest BCUT2D eigenvalue weighted by atomic mass is 16.5. The van der Waals surface area contributed by atoms with E-state index in [1.165, 1.54) is 0 Å². The lowest BCUT2D eigenvalue weighted by atomic mass is 10.0. The maximum atomic E-state index is 13.0. The number of aromatic amines is 1. The monoisotopic (exact) mass is 337 g/mol. The molecule has 1 aliphatic heterocycles. The first kappa shape index (κ1) is 15.6. The number of aromatic nitrogens is 4. The van der Waals surface area contributed by atoms with Gasteiger partial charge in [0.2, 0.25) is 5.89 Å². The summed E-state index contributed by atoms with van der Waals surface area (Å²) < 4.78 is 5.31. The fourth-order valence-corrected chi connectivity index (χ4v) is 3.22. The van der Waals surface area contributed by atoms with Crippen molar-refractivity contribution in [2.75, 3.05) is 6.54 Å². The number of piperidine rings is 1. The molecule has 4 rings (SSSR count). The number of carbonyl (C=O) groups excluding carboxylic acids is 1. The topological polar surface area (TPSA) is 87.9 Å². The van der Waals surface area contributed by atoms with E-state index in [0.29, 0.717) is 24.0 Å². The van der Waals surface area contributed by atoms with Crippen LogP contribution in [-0.2, 0) is 0 Å². The summed E-state index contributed by atoms with van der Waals surface area (Å²) in [6.45, 7) is 2.45. The zero-order chi connectivity index (χ0) is 17.2. The van der Waals surface area contributed by atoms with Crippen LogP contribution >= 0.6 is 0 Å². The minimum absolute atomic E-state index is 0.0877. The molecule has 1 atom stereocenters. The molecule has 1 fully saturated rings. The van der Waals surface area contributed by atoms with Gasteiger partial charge in [-0.25, -0.2) is 0 Å². The summed E-state index contributed by atoms with van der Waals surface area (Å²) in [7, 11) is 0. The van der Waals surface area contributed by atoms with Crippen molar-refractivity contribution in [3.05, 3.63) is 53.8 Å². The third-order valence-corrected chi connectivity index (χ3v) is 4.47. The largest absolute Gasteiger partial charge is 0.337 e. The first-order valence-electron chi connectivity index (χ1n) is 8.44. The summed E-state index contributed by atoms with van der Waals surface area (Å²) in [5.74, 6) is 1.00. The van der Waals surface area contributed by atoms with E-state index in [-0.39, 0.29) is 11.9 Å². The Labute approximate surface area is 145 Å². The van der Waals surface area contributed by atoms with E-state index in [9.17, 15) is 4.79 Å². The number of rotatable bonds is 3. The Hall–Kier alpha value is -2.96. The molecule has 0 unspecified atom stereocenters. The number of likely N-dealkylation sites (tertiary alicyclic amines) is 1. The van der Waals surface area contributed by atoms with Crippen LogP contribution < -0.4 is 0 Å². The summed E-state index contributed by atoms with van der Waals surface area (Å²) in [6, 6.07) is 11.4. The molecular formula is C18H19N5O2. The molecule has 0 spiro atoms. The molecule has 2 aromatic heterocycles. The molecule has 0 radical (unpaired) electrons. The quantitative estimate of drug-likeness (QED) is 0.793. The smallest absolute Gasteiger partial charge is 0.272 e.